The lowest BCUT2D eigenvalue weighted by Crippen LogP contribution is -2.50. The number of carbonyl (C=O) groups excluding carboxylic acids is 4. The van der Waals surface area contributed by atoms with E-state index in [1.807, 2.05) is 13.8 Å². The van der Waals surface area contributed by atoms with Crippen molar-refractivity contribution in [3.05, 3.63) is 131 Å². The monoisotopic (exact) mass is 1130 g/mol. The van der Waals surface area contributed by atoms with Crippen molar-refractivity contribution >= 4 is 23.8 Å². The first kappa shape index (κ1) is 59.7. The number of benzene rings is 4. The third-order valence-corrected chi connectivity index (χ3v) is 14.2. The third-order valence-electron chi connectivity index (χ3n) is 14.2. The second kappa shape index (κ2) is 26.9. The first-order valence-electron chi connectivity index (χ1n) is 26.3. The summed E-state index contributed by atoms with van der Waals surface area (Å²) in [4.78, 5) is 66.0. The van der Waals surface area contributed by atoms with E-state index in [0.29, 0.717) is 102 Å². The minimum atomic E-state index is -5.10. The van der Waals surface area contributed by atoms with Gasteiger partial charge in [0.25, 0.3) is 11.8 Å². The van der Waals surface area contributed by atoms with E-state index in [2.05, 4.69) is 19.3 Å². The molecule has 0 spiro atoms. The van der Waals surface area contributed by atoms with Crippen LogP contribution in [0.4, 0.5) is 35.1 Å². The SMILES string of the molecule is C[C@H]1COC(CCN2CCC(N(Cc3ccc(F)cc3)C(=O)C(OC(=O)C(=O)OC(C(=O)N(Cc3ccc(F)cc3)C3CCN(CCC4OC[C@H](C)O4)CC3)c3ccc(OC(F)(F)F)cc3)c3ccc(OC(F)(F)F)cc3)CC2)O1. The molecule has 4 saturated heterocycles. The minimum absolute atomic E-state index is 0.0445. The van der Waals surface area contributed by atoms with Gasteiger partial charge >= 0.3 is 24.7 Å². The van der Waals surface area contributed by atoms with Crippen molar-refractivity contribution in [1.82, 2.24) is 19.6 Å². The van der Waals surface area contributed by atoms with Crippen LogP contribution in [0, 0.1) is 11.6 Å². The number of hydrogen-bond donors (Lipinski definition) is 0. The Kier molecular flexibility index (Phi) is 20.1. The molecule has 4 aliphatic rings. The number of piperidine rings is 2. The number of rotatable bonds is 20. The van der Waals surface area contributed by atoms with Crippen LogP contribution in [-0.2, 0) is 60.7 Å². The highest BCUT2D eigenvalue weighted by atomic mass is 19.4. The summed E-state index contributed by atoms with van der Waals surface area (Å²) >= 11 is 0. The van der Waals surface area contributed by atoms with Gasteiger partial charge in [-0.2, -0.15) is 0 Å². The molecule has 0 bridgehead atoms. The van der Waals surface area contributed by atoms with E-state index in [1.165, 1.54) is 58.3 Å². The summed E-state index contributed by atoms with van der Waals surface area (Å²) in [6.07, 6.45) is -12.5. The molecule has 4 aromatic carbocycles. The molecule has 0 aliphatic carbocycles. The number of esters is 2. The van der Waals surface area contributed by atoms with Crippen LogP contribution in [0.15, 0.2) is 97.1 Å². The van der Waals surface area contributed by atoms with Crippen LogP contribution in [0.5, 0.6) is 11.5 Å². The Morgan fingerprint density at radius 2 is 0.875 bits per heavy atom. The lowest BCUT2D eigenvalue weighted by Gasteiger charge is -2.40. The van der Waals surface area contributed by atoms with E-state index in [1.54, 1.807) is 0 Å². The van der Waals surface area contributed by atoms with Gasteiger partial charge in [0.15, 0.2) is 12.6 Å². The van der Waals surface area contributed by atoms with Crippen molar-refractivity contribution in [3.8, 4) is 11.5 Å². The number of carbonyl (C=O) groups is 4. The molecule has 0 N–H and O–H groups in total. The van der Waals surface area contributed by atoms with Gasteiger partial charge in [-0.3, -0.25) is 9.59 Å². The van der Waals surface area contributed by atoms with Crippen LogP contribution in [0.2, 0.25) is 0 Å². The molecular weight excluding hydrogens is 1070 g/mol. The second-order valence-corrected chi connectivity index (χ2v) is 20.1. The molecular formula is C56H62F8N4O12. The first-order chi connectivity index (χ1) is 38.1. The quantitative estimate of drug-likeness (QED) is 0.0470. The second-order valence-electron chi connectivity index (χ2n) is 20.1. The van der Waals surface area contributed by atoms with Gasteiger partial charge in [0, 0.05) is 88.4 Å². The topological polar surface area (TPSA) is 155 Å². The number of alkyl halides is 6. The maximum absolute atomic E-state index is 15.2. The average Bonchev–Trinajstić information content (AvgIpc) is 4.07. The molecule has 434 valence electrons. The fourth-order valence-electron chi connectivity index (χ4n) is 10.1. The molecule has 16 nitrogen and oxygen atoms in total. The number of likely N-dealkylation sites (tertiary alicyclic amines) is 2. The van der Waals surface area contributed by atoms with Crippen molar-refractivity contribution in [1.29, 1.82) is 0 Å². The zero-order chi connectivity index (χ0) is 57.1. The maximum atomic E-state index is 15.2. The zero-order valence-electron chi connectivity index (χ0n) is 43.9. The summed E-state index contributed by atoms with van der Waals surface area (Å²) < 4.78 is 151. The van der Waals surface area contributed by atoms with Crippen LogP contribution in [0.25, 0.3) is 0 Å². The van der Waals surface area contributed by atoms with Crippen LogP contribution in [-0.4, -0.2) is 145 Å². The molecule has 24 heteroatoms. The molecule has 4 unspecified atom stereocenters. The fourth-order valence-corrected chi connectivity index (χ4v) is 10.1. The van der Waals surface area contributed by atoms with Gasteiger partial charge < -0.3 is 57.5 Å². The van der Waals surface area contributed by atoms with Crippen molar-refractivity contribution in [2.24, 2.45) is 0 Å². The Hall–Kier alpha value is -6.44. The van der Waals surface area contributed by atoms with E-state index < -0.39 is 83.9 Å². The van der Waals surface area contributed by atoms with Crippen LogP contribution < -0.4 is 9.47 Å². The predicted molar refractivity (Wildman–Crippen MR) is 267 cm³/mol. The fraction of sp³-hybridized carbons (Fsp3) is 0.500. The first-order valence-corrected chi connectivity index (χ1v) is 26.3. The third kappa shape index (κ3) is 17.3. The van der Waals surface area contributed by atoms with Crippen LogP contribution in [0.1, 0.15) is 86.8 Å². The molecule has 6 atom stereocenters. The molecule has 4 aliphatic heterocycles. The van der Waals surface area contributed by atoms with E-state index in [-0.39, 0.29) is 49.0 Å². The molecule has 0 saturated carbocycles. The number of hydrogen-bond acceptors (Lipinski definition) is 14. The molecule has 8 rings (SSSR count). The van der Waals surface area contributed by atoms with E-state index >= 15 is 9.59 Å². The van der Waals surface area contributed by atoms with Gasteiger partial charge in [-0.25, -0.2) is 18.4 Å². The van der Waals surface area contributed by atoms with Crippen molar-refractivity contribution in [2.45, 2.75) is 127 Å². The average molecular weight is 1140 g/mol. The number of halogens is 8. The summed E-state index contributed by atoms with van der Waals surface area (Å²) in [5, 5.41) is 0. The van der Waals surface area contributed by atoms with E-state index in [9.17, 15) is 44.7 Å². The Balaban J connectivity index is 1.07. The van der Waals surface area contributed by atoms with Gasteiger partial charge in [-0.1, -0.05) is 48.5 Å². The molecule has 2 amide bonds. The summed E-state index contributed by atoms with van der Waals surface area (Å²) in [6.45, 7) is 7.56. The summed E-state index contributed by atoms with van der Waals surface area (Å²) in [7, 11) is 0. The predicted octanol–water partition coefficient (Wildman–Crippen LogP) is 8.92. The Morgan fingerprint density at radius 1 is 0.537 bits per heavy atom. The van der Waals surface area contributed by atoms with Gasteiger partial charge in [0.1, 0.15) is 23.1 Å². The summed E-state index contributed by atoms with van der Waals surface area (Å²) in [5.41, 5.74) is 0.496. The molecule has 80 heavy (non-hydrogen) atoms. The molecule has 0 radical (unpaired) electrons. The Labute approximate surface area is 456 Å². The van der Waals surface area contributed by atoms with Crippen LogP contribution >= 0.6 is 0 Å². The lowest BCUT2D eigenvalue weighted by atomic mass is 9.99. The Bertz CT molecular complexity index is 2490. The van der Waals surface area contributed by atoms with Crippen molar-refractivity contribution in [3.63, 3.8) is 0 Å². The molecule has 4 aromatic rings. The lowest BCUT2D eigenvalue weighted by molar-refractivity contribution is -0.275. The molecule has 4 fully saturated rings. The van der Waals surface area contributed by atoms with E-state index in [4.69, 9.17) is 28.4 Å². The van der Waals surface area contributed by atoms with Crippen molar-refractivity contribution in [2.75, 3.05) is 52.5 Å². The molecule has 4 heterocycles. The van der Waals surface area contributed by atoms with Gasteiger partial charge in [0.05, 0.1) is 25.4 Å². The maximum Gasteiger partial charge on any atom is 0.573 e. The van der Waals surface area contributed by atoms with Crippen LogP contribution in [0.3, 0.4) is 0 Å². The van der Waals surface area contributed by atoms with Gasteiger partial charge in [-0.05, 0) is 99.2 Å². The number of ether oxygens (including phenoxy) is 8. The number of amides is 2. The van der Waals surface area contributed by atoms with Crippen molar-refractivity contribution < 1.29 is 92.2 Å². The molecule has 0 aromatic heterocycles. The van der Waals surface area contributed by atoms with E-state index in [0.717, 1.165) is 48.5 Å². The summed E-state index contributed by atoms with van der Waals surface area (Å²) in [5.74, 6) is -8.03. The highest BCUT2D eigenvalue weighted by Crippen LogP contribution is 2.34. The highest BCUT2D eigenvalue weighted by molar-refractivity contribution is 6.30. The standard InChI is InChI=1S/C56H62F8N4O12/c1-35-33-73-47(75-35)23-29-65-25-19-43(20-26-65)67(31-37-3-11-41(57)12-4-37)51(69)49(39-7-15-45(16-8-39)79-55(59,60)61)77-53(71)54(72)78-50(40-9-17-46(18-10-40)80-56(62,63)64)52(70)68(32-38-5-13-42(58)14-6-38)44-21-27-66(28-22-44)30-24-48-74-34-36(2)76-48/h3-18,35-36,43-44,47-50H,19-34H2,1-2H3/t35-,36-,47?,48?,49?,50?/m0/s1. The number of nitrogens with zero attached hydrogens (tertiary/aromatic N) is 4. The summed E-state index contributed by atoms with van der Waals surface area (Å²) in [6, 6.07) is 17.0. The largest absolute Gasteiger partial charge is 0.573 e. The van der Waals surface area contributed by atoms with Gasteiger partial charge in [-0.15, -0.1) is 26.3 Å². The minimum Gasteiger partial charge on any atom is -0.439 e. The Morgan fingerprint density at radius 3 is 1.18 bits per heavy atom. The highest BCUT2D eigenvalue weighted by Gasteiger charge is 2.41. The normalized spacial score (nSPS) is 21.4. The zero-order valence-corrected chi connectivity index (χ0v) is 43.9. The van der Waals surface area contributed by atoms with Gasteiger partial charge in [0.2, 0.25) is 12.2 Å². The smallest absolute Gasteiger partial charge is 0.439 e.